The van der Waals surface area contributed by atoms with E-state index in [0.717, 1.165) is 35.6 Å². The average molecular weight is 213 g/mol. The molecule has 5 heteroatoms. The van der Waals surface area contributed by atoms with Gasteiger partial charge in [-0.05, 0) is 12.8 Å². The zero-order chi connectivity index (χ0) is 9.80. The summed E-state index contributed by atoms with van der Waals surface area (Å²) in [6.07, 6.45) is 3.50. The molecule has 0 unspecified atom stereocenters. The van der Waals surface area contributed by atoms with Crippen molar-refractivity contribution in [3.63, 3.8) is 0 Å². The highest BCUT2D eigenvalue weighted by molar-refractivity contribution is 7.11. The summed E-state index contributed by atoms with van der Waals surface area (Å²) in [5.74, 6) is 0. The maximum atomic E-state index is 4.99. The summed E-state index contributed by atoms with van der Waals surface area (Å²) in [4.78, 5) is 0. The van der Waals surface area contributed by atoms with E-state index in [4.69, 9.17) is 4.74 Å². The van der Waals surface area contributed by atoms with Gasteiger partial charge in [0.15, 0.2) is 0 Å². The number of ether oxygens (including phenoxy) is 1. The Morgan fingerprint density at radius 3 is 2.93 bits per heavy atom. The number of methoxy groups -OCH3 is 1. The number of nitrogens with zero attached hydrogens (tertiary/aromatic N) is 2. The van der Waals surface area contributed by atoms with Crippen molar-refractivity contribution in [1.82, 2.24) is 15.5 Å². The Morgan fingerprint density at radius 2 is 2.21 bits per heavy atom. The van der Waals surface area contributed by atoms with Crippen LogP contribution in [0.2, 0.25) is 0 Å². The lowest BCUT2D eigenvalue weighted by molar-refractivity contribution is 0.202. The summed E-state index contributed by atoms with van der Waals surface area (Å²) in [6, 6.07) is 0.737. The molecule has 0 saturated heterocycles. The van der Waals surface area contributed by atoms with Crippen LogP contribution < -0.4 is 5.32 Å². The summed E-state index contributed by atoms with van der Waals surface area (Å²) in [7, 11) is 1.70. The van der Waals surface area contributed by atoms with Crippen LogP contribution in [0, 0.1) is 0 Å². The van der Waals surface area contributed by atoms with Crippen molar-refractivity contribution < 1.29 is 4.74 Å². The topological polar surface area (TPSA) is 47.0 Å². The van der Waals surface area contributed by atoms with Gasteiger partial charge in [0.2, 0.25) is 0 Å². The maximum absolute atomic E-state index is 4.99. The van der Waals surface area contributed by atoms with Gasteiger partial charge in [-0.15, -0.1) is 21.5 Å². The minimum Gasteiger partial charge on any atom is -0.384 e. The lowest BCUT2D eigenvalue weighted by Gasteiger charge is -1.95. The monoisotopic (exact) mass is 213 g/mol. The van der Waals surface area contributed by atoms with Crippen LogP contribution in [-0.2, 0) is 17.7 Å². The van der Waals surface area contributed by atoms with E-state index in [2.05, 4.69) is 15.5 Å². The van der Waals surface area contributed by atoms with Gasteiger partial charge in [-0.3, -0.25) is 0 Å². The largest absolute Gasteiger partial charge is 0.384 e. The van der Waals surface area contributed by atoms with Crippen LogP contribution in [0.15, 0.2) is 0 Å². The van der Waals surface area contributed by atoms with Crippen molar-refractivity contribution in [2.75, 3.05) is 13.7 Å². The molecule has 4 nitrogen and oxygen atoms in total. The molecule has 0 aromatic carbocycles. The minimum atomic E-state index is 0.727. The number of nitrogens with one attached hydrogen (secondary N) is 1. The second kappa shape index (κ2) is 4.82. The molecule has 0 amide bonds. The Morgan fingerprint density at radius 1 is 1.43 bits per heavy atom. The Hall–Kier alpha value is -0.520. The molecule has 1 aromatic rings. The van der Waals surface area contributed by atoms with Gasteiger partial charge in [0, 0.05) is 26.1 Å². The molecule has 2 rings (SSSR count). The highest BCUT2D eigenvalue weighted by Gasteiger charge is 2.20. The smallest absolute Gasteiger partial charge is 0.131 e. The third-order valence-electron chi connectivity index (χ3n) is 2.15. The normalized spacial score (nSPS) is 16.1. The standard InChI is InChI=1S/C9H15N3OS/c1-13-5-4-8-11-12-9(14-8)6-10-7-2-3-7/h7,10H,2-6H2,1H3. The molecule has 1 aromatic heterocycles. The van der Waals surface area contributed by atoms with Crippen LogP contribution in [-0.4, -0.2) is 30.0 Å². The molecule has 1 saturated carbocycles. The maximum Gasteiger partial charge on any atom is 0.131 e. The molecule has 1 N–H and O–H groups in total. The van der Waals surface area contributed by atoms with Gasteiger partial charge < -0.3 is 10.1 Å². The summed E-state index contributed by atoms with van der Waals surface area (Å²) in [5.41, 5.74) is 0. The SMILES string of the molecule is COCCc1nnc(CNC2CC2)s1. The first-order chi connectivity index (χ1) is 6.88. The molecule has 0 aliphatic heterocycles. The van der Waals surface area contributed by atoms with Crippen molar-refractivity contribution in [2.45, 2.75) is 31.8 Å². The Balaban J connectivity index is 1.76. The molecular weight excluding hydrogens is 198 g/mol. The first kappa shape index (κ1) is 10.0. The number of hydrogen-bond acceptors (Lipinski definition) is 5. The van der Waals surface area contributed by atoms with Crippen LogP contribution in [0.5, 0.6) is 0 Å². The predicted molar refractivity (Wildman–Crippen MR) is 55.4 cm³/mol. The predicted octanol–water partition coefficient (Wildman–Crippen LogP) is 0.979. The minimum absolute atomic E-state index is 0.727. The third-order valence-corrected chi connectivity index (χ3v) is 3.13. The van der Waals surface area contributed by atoms with Crippen LogP contribution >= 0.6 is 11.3 Å². The van der Waals surface area contributed by atoms with Crippen LogP contribution in [0.4, 0.5) is 0 Å². The highest BCUT2D eigenvalue weighted by atomic mass is 32.1. The van der Waals surface area contributed by atoms with E-state index in [1.165, 1.54) is 12.8 Å². The van der Waals surface area contributed by atoms with Crippen LogP contribution in [0.3, 0.4) is 0 Å². The number of rotatable bonds is 6. The van der Waals surface area contributed by atoms with Gasteiger partial charge in [-0.1, -0.05) is 0 Å². The summed E-state index contributed by atoms with van der Waals surface area (Å²) < 4.78 is 4.99. The molecule has 0 bridgehead atoms. The zero-order valence-corrected chi connectivity index (χ0v) is 9.14. The molecule has 0 spiro atoms. The summed E-state index contributed by atoms with van der Waals surface area (Å²) >= 11 is 1.68. The van der Waals surface area contributed by atoms with Gasteiger partial charge in [0.1, 0.15) is 10.0 Å². The van der Waals surface area contributed by atoms with E-state index >= 15 is 0 Å². The van der Waals surface area contributed by atoms with E-state index in [9.17, 15) is 0 Å². The van der Waals surface area contributed by atoms with Crippen molar-refractivity contribution in [1.29, 1.82) is 0 Å². The average Bonchev–Trinajstić information content (AvgIpc) is 2.92. The second-order valence-electron chi connectivity index (χ2n) is 3.49. The number of aromatic nitrogens is 2. The molecule has 78 valence electrons. The fourth-order valence-electron chi connectivity index (χ4n) is 1.17. The Bertz CT molecular complexity index is 285. The lowest BCUT2D eigenvalue weighted by atomic mass is 10.5. The van der Waals surface area contributed by atoms with Crippen molar-refractivity contribution in [3.8, 4) is 0 Å². The third kappa shape index (κ3) is 3.01. The fourth-order valence-corrected chi connectivity index (χ4v) is 1.95. The summed E-state index contributed by atoms with van der Waals surface area (Å²) in [6.45, 7) is 1.60. The van der Waals surface area contributed by atoms with Crippen molar-refractivity contribution >= 4 is 11.3 Å². The second-order valence-corrected chi connectivity index (χ2v) is 4.63. The van der Waals surface area contributed by atoms with E-state index in [-0.39, 0.29) is 0 Å². The first-order valence-electron chi connectivity index (χ1n) is 4.92. The van der Waals surface area contributed by atoms with E-state index in [0.29, 0.717) is 0 Å². The van der Waals surface area contributed by atoms with Crippen molar-refractivity contribution in [2.24, 2.45) is 0 Å². The molecule has 0 radical (unpaired) electrons. The van der Waals surface area contributed by atoms with Crippen LogP contribution in [0.1, 0.15) is 22.9 Å². The van der Waals surface area contributed by atoms with Gasteiger partial charge in [0.25, 0.3) is 0 Å². The quantitative estimate of drug-likeness (QED) is 0.765. The van der Waals surface area contributed by atoms with E-state index < -0.39 is 0 Å². The van der Waals surface area contributed by atoms with Gasteiger partial charge >= 0.3 is 0 Å². The van der Waals surface area contributed by atoms with Gasteiger partial charge in [0.05, 0.1) is 6.61 Å². The molecule has 1 aliphatic rings. The van der Waals surface area contributed by atoms with Crippen LogP contribution in [0.25, 0.3) is 0 Å². The number of hydrogen-bond donors (Lipinski definition) is 1. The molecule has 14 heavy (non-hydrogen) atoms. The molecule has 0 atom stereocenters. The van der Waals surface area contributed by atoms with E-state index in [1.54, 1.807) is 18.4 Å². The van der Waals surface area contributed by atoms with E-state index in [1.807, 2.05) is 0 Å². The fraction of sp³-hybridized carbons (Fsp3) is 0.778. The molecule has 1 fully saturated rings. The zero-order valence-electron chi connectivity index (χ0n) is 8.32. The summed E-state index contributed by atoms with van der Waals surface area (Å²) in [5, 5.41) is 13.8. The van der Waals surface area contributed by atoms with Gasteiger partial charge in [-0.2, -0.15) is 0 Å². The molecular formula is C9H15N3OS. The molecule has 1 aliphatic carbocycles. The van der Waals surface area contributed by atoms with Gasteiger partial charge in [-0.25, -0.2) is 0 Å². The first-order valence-corrected chi connectivity index (χ1v) is 5.73. The Kier molecular flexibility index (Phi) is 3.44. The highest BCUT2D eigenvalue weighted by Crippen LogP contribution is 2.20. The van der Waals surface area contributed by atoms with Crippen molar-refractivity contribution in [3.05, 3.63) is 10.0 Å². The molecule has 1 heterocycles. The lowest BCUT2D eigenvalue weighted by Crippen LogP contribution is -2.14. The Labute approximate surface area is 87.7 Å².